The highest BCUT2D eigenvalue weighted by Gasteiger charge is 2.27. The second-order valence-electron chi connectivity index (χ2n) is 4.13. The van der Waals surface area contributed by atoms with E-state index in [-0.39, 0.29) is 11.9 Å². The van der Waals surface area contributed by atoms with Gasteiger partial charge in [-0.3, -0.25) is 9.78 Å². The topological polar surface area (TPSA) is 42.4 Å². The van der Waals surface area contributed by atoms with Crippen molar-refractivity contribution in [2.24, 2.45) is 0 Å². The van der Waals surface area contributed by atoms with Gasteiger partial charge in [0.1, 0.15) is 0 Å². The summed E-state index contributed by atoms with van der Waals surface area (Å²) in [6.07, 6.45) is 3.32. The van der Waals surface area contributed by atoms with Gasteiger partial charge in [-0.05, 0) is 18.6 Å². The van der Waals surface area contributed by atoms with Crippen LogP contribution < -0.4 is 0 Å². The van der Waals surface area contributed by atoms with Crippen LogP contribution in [0, 0.1) is 6.92 Å². The first kappa shape index (κ1) is 12.3. The number of ether oxygens (including phenoxy) is 1. The van der Waals surface area contributed by atoms with Gasteiger partial charge in [-0.25, -0.2) is 0 Å². The predicted molar refractivity (Wildman–Crippen MR) is 65.3 cm³/mol. The van der Waals surface area contributed by atoms with E-state index in [0.29, 0.717) is 31.2 Å². The Balaban J connectivity index is 2.18. The molecule has 4 nitrogen and oxygen atoms in total. The summed E-state index contributed by atoms with van der Waals surface area (Å²) in [4.78, 5) is 18.1. The number of alkyl halides is 1. The summed E-state index contributed by atoms with van der Waals surface area (Å²) >= 11 is 5.85. The van der Waals surface area contributed by atoms with E-state index in [4.69, 9.17) is 16.3 Å². The zero-order valence-corrected chi connectivity index (χ0v) is 10.5. The van der Waals surface area contributed by atoms with E-state index >= 15 is 0 Å². The molecular weight excluding hydrogens is 240 g/mol. The van der Waals surface area contributed by atoms with Crippen LogP contribution in [0.15, 0.2) is 18.5 Å². The zero-order valence-electron chi connectivity index (χ0n) is 9.73. The lowest BCUT2D eigenvalue weighted by Crippen LogP contribution is -2.49. The molecule has 0 N–H and O–H groups in total. The third-order valence-electron chi connectivity index (χ3n) is 2.79. The Morgan fingerprint density at radius 1 is 1.65 bits per heavy atom. The monoisotopic (exact) mass is 254 g/mol. The van der Waals surface area contributed by atoms with Crippen molar-refractivity contribution in [3.63, 3.8) is 0 Å². The first-order chi connectivity index (χ1) is 8.22. The largest absolute Gasteiger partial charge is 0.377 e. The van der Waals surface area contributed by atoms with Gasteiger partial charge in [0.25, 0.3) is 5.91 Å². The minimum Gasteiger partial charge on any atom is -0.377 e. The van der Waals surface area contributed by atoms with Gasteiger partial charge in [-0.2, -0.15) is 0 Å². The number of rotatable bonds is 2. The van der Waals surface area contributed by atoms with Crippen LogP contribution in [0.2, 0.25) is 0 Å². The van der Waals surface area contributed by atoms with E-state index in [1.165, 1.54) is 0 Å². The van der Waals surface area contributed by atoms with Crippen molar-refractivity contribution in [2.75, 3.05) is 25.6 Å². The molecular formula is C12H15ClN2O2. The van der Waals surface area contributed by atoms with E-state index in [2.05, 4.69) is 4.98 Å². The molecule has 0 aromatic carbocycles. The molecule has 1 saturated heterocycles. The fraction of sp³-hybridized carbons (Fsp3) is 0.500. The van der Waals surface area contributed by atoms with Crippen molar-refractivity contribution in [2.45, 2.75) is 13.0 Å². The number of nitrogens with zero attached hydrogens (tertiary/aromatic N) is 2. The Morgan fingerprint density at radius 2 is 2.47 bits per heavy atom. The second-order valence-corrected chi connectivity index (χ2v) is 4.44. The van der Waals surface area contributed by atoms with Crippen molar-refractivity contribution in [3.8, 4) is 0 Å². The molecule has 0 radical (unpaired) electrons. The smallest absolute Gasteiger partial charge is 0.255 e. The number of halogens is 1. The van der Waals surface area contributed by atoms with E-state index in [0.717, 1.165) is 5.56 Å². The molecule has 2 rings (SSSR count). The Morgan fingerprint density at radius 3 is 3.18 bits per heavy atom. The molecule has 1 atom stereocenters. The Bertz CT molecular complexity index is 411. The normalized spacial score (nSPS) is 20.4. The summed E-state index contributed by atoms with van der Waals surface area (Å²) in [7, 11) is 0. The van der Waals surface area contributed by atoms with Crippen LogP contribution in [0.3, 0.4) is 0 Å². The van der Waals surface area contributed by atoms with Gasteiger partial charge in [-0.1, -0.05) is 0 Å². The third-order valence-corrected chi connectivity index (χ3v) is 3.14. The first-order valence-electron chi connectivity index (χ1n) is 5.58. The SMILES string of the molecule is Cc1cncc(C(=O)N2CCOCC2CCl)c1. The minimum atomic E-state index is -0.0431. The third kappa shape index (κ3) is 2.76. The lowest BCUT2D eigenvalue weighted by Gasteiger charge is -2.34. The molecule has 92 valence electrons. The maximum Gasteiger partial charge on any atom is 0.255 e. The molecule has 1 fully saturated rings. The lowest BCUT2D eigenvalue weighted by atomic mass is 10.1. The summed E-state index contributed by atoms with van der Waals surface area (Å²) in [5.74, 6) is 0.375. The first-order valence-corrected chi connectivity index (χ1v) is 6.12. The number of amides is 1. The number of carbonyl (C=O) groups excluding carboxylic acids is 1. The summed E-state index contributed by atoms with van der Waals surface area (Å²) in [6.45, 7) is 3.58. The zero-order chi connectivity index (χ0) is 12.3. The summed E-state index contributed by atoms with van der Waals surface area (Å²) in [6, 6.07) is 1.80. The number of hydrogen-bond donors (Lipinski definition) is 0. The Hall–Kier alpha value is -1.13. The van der Waals surface area contributed by atoms with Gasteiger partial charge in [0.15, 0.2) is 0 Å². The molecule has 0 aliphatic carbocycles. The maximum absolute atomic E-state index is 12.3. The highest BCUT2D eigenvalue weighted by molar-refractivity contribution is 6.18. The van der Waals surface area contributed by atoms with E-state index < -0.39 is 0 Å². The number of carbonyl (C=O) groups is 1. The molecule has 1 aromatic heterocycles. The Labute approximate surface area is 106 Å². The van der Waals surface area contributed by atoms with Crippen LogP contribution in [0.4, 0.5) is 0 Å². The quantitative estimate of drug-likeness (QED) is 0.751. The summed E-state index contributed by atoms with van der Waals surface area (Å²) in [5.41, 5.74) is 1.59. The molecule has 1 aliphatic heterocycles. The summed E-state index contributed by atoms with van der Waals surface area (Å²) < 4.78 is 5.32. The van der Waals surface area contributed by atoms with Gasteiger partial charge in [-0.15, -0.1) is 11.6 Å². The standard InChI is InChI=1S/C12H15ClN2O2/c1-9-4-10(7-14-6-9)12(16)15-2-3-17-8-11(15)5-13/h4,6-7,11H,2-3,5,8H2,1H3. The van der Waals surface area contributed by atoms with Crippen molar-refractivity contribution >= 4 is 17.5 Å². The summed E-state index contributed by atoms with van der Waals surface area (Å²) in [5, 5.41) is 0. The molecule has 1 aromatic rings. The van der Waals surface area contributed by atoms with Crippen LogP contribution in [0.25, 0.3) is 0 Å². The lowest BCUT2D eigenvalue weighted by molar-refractivity contribution is 0.00453. The second kappa shape index (κ2) is 5.47. The van der Waals surface area contributed by atoms with Crippen LogP contribution >= 0.6 is 11.6 Å². The predicted octanol–water partition coefficient (Wildman–Crippen LogP) is 1.47. The highest BCUT2D eigenvalue weighted by atomic mass is 35.5. The van der Waals surface area contributed by atoms with Crippen molar-refractivity contribution in [1.82, 2.24) is 9.88 Å². The highest BCUT2D eigenvalue weighted by Crippen LogP contribution is 2.13. The molecule has 1 amide bonds. The van der Waals surface area contributed by atoms with Gasteiger partial charge in [0.2, 0.25) is 0 Å². The molecule has 0 saturated carbocycles. The maximum atomic E-state index is 12.3. The molecule has 0 bridgehead atoms. The fourth-order valence-corrected chi connectivity index (χ4v) is 2.14. The molecule has 1 aliphatic rings. The molecule has 17 heavy (non-hydrogen) atoms. The van der Waals surface area contributed by atoms with Crippen LogP contribution in [0.5, 0.6) is 0 Å². The Kier molecular flexibility index (Phi) is 3.97. The van der Waals surface area contributed by atoms with Crippen molar-refractivity contribution in [1.29, 1.82) is 0 Å². The van der Waals surface area contributed by atoms with Gasteiger partial charge < -0.3 is 9.64 Å². The van der Waals surface area contributed by atoms with Gasteiger partial charge >= 0.3 is 0 Å². The van der Waals surface area contributed by atoms with Gasteiger partial charge in [0.05, 0.1) is 24.8 Å². The average molecular weight is 255 g/mol. The van der Waals surface area contributed by atoms with E-state index in [1.54, 1.807) is 17.3 Å². The number of hydrogen-bond acceptors (Lipinski definition) is 3. The number of aromatic nitrogens is 1. The van der Waals surface area contributed by atoms with E-state index in [9.17, 15) is 4.79 Å². The molecule has 5 heteroatoms. The van der Waals surface area contributed by atoms with Crippen molar-refractivity contribution in [3.05, 3.63) is 29.6 Å². The van der Waals surface area contributed by atoms with Crippen LogP contribution in [-0.4, -0.2) is 47.5 Å². The van der Waals surface area contributed by atoms with Crippen LogP contribution in [0.1, 0.15) is 15.9 Å². The fourth-order valence-electron chi connectivity index (χ4n) is 1.89. The molecule has 2 heterocycles. The van der Waals surface area contributed by atoms with E-state index in [1.807, 2.05) is 13.0 Å². The average Bonchev–Trinajstić information content (AvgIpc) is 2.38. The molecule has 0 spiro atoms. The molecule has 1 unspecified atom stereocenters. The number of aryl methyl sites for hydroxylation is 1. The number of pyridine rings is 1. The van der Waals surface area contributed by atoms with Crippen molar-refractivity contribution < 1.29 is 9.53 Å². The van der Waals surface area contributed by atoms with Crippen LogP contribution in [-0.2, 0) is 4.74 Å². The minimum absolute atomic E-state index is 0.0184. The van der Waals surface area contributed by atoms with Gasteiger partial charge in [0, 0.05) is 24.8 Å². The number of morpholine rings is 1.